The Bertz CT molecular complexity index is 570. The molecule has 1 N–H and O–H groups in total. The summed E-state index contributed by atoms with van der Waals surface area (Å²) in [6, 6.07) is 5.62. The molecule has 0 unspecified atom stereocenters. The summed E-state index contributed by atoms with van der Waals surface area (Å²) < 4.78 is 25.9. The van der Waals surface area contributed by atoms with E-state index in [1.54, 1.807) is 25.1 Å². The number of sulfonamides is 1. The van der Waals surface area contributed by atoms with Gasteiger partial charge in [0.05, 0.1) is 10.8 Å². The first-order chi connectivity index (χ1) is 8.44. The number of carbonyl (C=O) groups is 1. The Balaban J connectivity index is 2.43. The van der Waals surface area contributed by atoms with Crippen molar-refractivity contribution >= 4 is 27.8 Å². The van der Waals surface area contributed by atoms with Crippen molar-refractivity contribution in [1.82, 2.24) is 4.31 Å². The van der Waals surface area contributed by atoms with Gasteiger partial charge in [-0.15, -0.1) is 11.8 Å². The summed E-state index contributed by atoms with van der Waals surface area (Å²) in [6.07, 6.45) is 0. The lowest BCUT2D eigenvalue weighted by Crippen LogP contribution is -2.41. The molecule has 98 valence electrons. The zero-order chi connectivity index (χ0) is 13.3. The molecule has 1 saturated heterocycles. The fraction of sp³-hybridized carbons (Fsp3) is 0.364. The molecular formula is C11H13NO4S2. The first kappa shape index (κ1) is 13.4. The molecule has 0 bridgehead atoms. The molecule has 0 amide bonds. The average Bonchev–Trinajstić information content (AvgIpc) is 2.78. The minimum atomic E-state index is -3.73. The summed E-state index contributed by atoms with van der Waals surface area (Å²) in [6.45, 7) is 1.70. The molecule has 0 aromatic heterocycles. The second-order valence-corrected chi connectivity index (χ2v) is 6.87. The number of thioether (sulfide) groups is 1. The molecule has 1 aromatic carbocycles. The van der Waals surface area contributed by atoms with Crippen molar-refractivity contribution in [2.24, 2.45) is 0 Å². The monoisotopic (exact) mass is 287 g/mol. The van der Waals surface area contributed by atoms with Crippen LogP contribution in [0.25, 0.3) is 0 Å². The third-order valence-electron chi connectivity index (χ3n) is 2.81. The van der Waals surface area contributed by atoms with Crippen LogP contribution in [0.3, 0.4) is 0 Å². The fourth-order valence-electron chi connectivity index (χ4n) is 1.83. The van der Waals surface area contributed by atoms with Gasteiger partial charge in [-0.1, -0.05) is 18.2 Å². The van der Waals surface area contributed by atoms with E-state index in [0.29, 0.717) is 11.3 Å². The van der Waals surface area contributed by atoms with Gasteiger partial charge in [-0.25, -0.2) is 8.42 Å². The lowest BCUT2D eigenvalue weighted by atomic mass is 10.2. The summed E-state index contributed by atoms with van der Waals surface area (Å²) in [4.78, 5) is 11.2. The molecule has 1 fully saturated rings. The van der Waals surface area contributed by atoms with Gasteiger partial charge in [-0.05, 0) is 18.6 Å². The number of carboxylic acids is 1. The molecule has 1 aliphatic rings. The fourth-order valence-corrected chi connectivity index (χ4v) is 5.19. The van der Waals surface area contributed by atoms with Crippen LogP contribution in [-0.4, -0.2) is 41.5 Å². The molecule has 1 heterocycles. The predicted molar refractivity (Wildman–Crippen MR) is 69.0 cm³/mol. The molecular weight excluding hydrogens is 274 g/mol. The number of aliphatic carboxylic acids is 1. The maximum absolute atomic E-state index is 12.4. The van der Waals surface area contributed by atoms with Crippen LogP contribution >= 0.6 is 11.8 Å². The lowest BCUT2D eigenvalue weighted by molar-refractivity contribution is -0.140. The summed E-state index contributed by atoms with van der Waals surface area (Å²) in [5, 5.41) is 9.04. The second-order valence-electron chi connectivity index (χ2n) is 4.01. The van der Waals surface area contributed by atoms with Crippen LogP contribution in [0.4, 0.5) is 0 Å². The quantitative estimate of drug-likeness (QED) is 0.902. The minimum Gasteiger partial charge on any atom is -0.480 e. The van der Waals surface area contributed by atoms with Crippen LogP contribution in [0.5, 0.6) is 0 Å². The van der Waals surface area contributed by atoms with Gasteiger partial charge in [0.1, 0.15) is 6.04 Å². The Hall–Kier alpha value is -1.05. The van der Waals surface area contributed by atoms with E-state index >= 15 is 0 Å². The first-order valence-electron chi connectivity index (χ1n) is 5.32. The van der Waals surface area contributed by atoms with Crippen molar-refractivity contribution in [1.29, 1.82) is 0 Å². The second kappa shape index (κ2) is 4.91. The topological polar surface area (TPSA) is 74.7 Å². The molecule has 2 rings (SSSR count). The minimum absolute atomic E-state index is 0.179. The third kappa shape index (κ3) is 2.25. The lowest BCUT2D eigenvalue weighted by Gasteiger charge is -2.20. The molecule has 0 saturated carbocycles. The largest absolute Gasteiger partial charge is 0.480 e. The number of carboxylic acid groups (broad SMARTS) is 1. The Labute approximate surface area is 110 Å². The number of aryl methyl sites for hydroxylation is 1. The number of hydrogen-bond acceptors (Lipinski definition) is 4. The van der Waals surface area contributed by atoms with E-state index in [9.17, 15) is 13.2 Å². The van der Waals surface area contributed by atoms with E-state index < -0.39 is 22.0 Å². The van der Waals surface area contributed by atoms with Gasteiger partial charge < -0.3 is 5.11 Å². The van der Waals surface area contributed by atoms with E-state index in [1.165, 1.54) is 17.8 Å². The van der Waals surface area contributed by atoms with Crippen LogP contribution in [0.1, 0.15) is 5.56 Å². The highest BCUT2D eigenvalue weighted by molar-refractivity contribution is 8.00. The van der Waals surface area contributed by atoms with Crippen molar-refractivity contribution in [2.45, 2.75) is 17.9 Å². The van der Waals surface area contributed by atoms with Gasteiger partial charge in [-0.2, -0.15) is 4.31 Å². The Morgan fingerprint density at radius 2 is 2.11 bits per heavy atom. The van der Waals surface area contributed by atoms with E-state index in [-0.39, 0.29) is 10.8 Å². The molecule has 18 heavy (non-hydrogen) atoms. The SMILES string of the molecule is Cc1ccccc1S(=O)(=O)N1CSC[C@H]1C(=O)O. The summed E-state index contributed by atoms with van der Waals surface area (Å²) in [5.41, 5.74) is 0.624. The van der Waals surface area contributed by atoms with Crippen LogP contribution in [0, 0.1) is 6.92 Å². The molecule has 1 aliphatic heterocycles. The molecule has 0 spiro atoms. The molecule has 5 nitrogen and oxygen atoms in total. The van der Waals surface area contributed by atoms with Gasteiger partial charge in [0.2, 0.25) is 10.0 Å². The van der Waals surface area contributed by atoms with Crippen molar-refractivity contribution in [3.05, 3.63) is 29.8 Å². The van der Waals surface area contributed by atoms with Gasteiger partial charge in [0, 0.05) is 5.75 Å². The average molecular weight is 287 g/mol. The molecule has 1 atom stereocenters. The van der Waals surface area contributed by atoms with Crippen molar-refractivity contribution < 1.29 is 18.3 Å². The molecule has 7 heteroatoms. The highest BCUT2D eigenvalue weighted by atomic mass is 32.2. The zero-order valence-electron chi connectivity index (χ0n) is 9.74. The van der Waals surface area contributed by atoms with Crippen molar-refractivity contribution in [2.75, 3.05) is 11.6 Å². The van der Waals surface area contributed by atoms with Crippen molar-refractivity contribution in [3.8, 4) is 0 Å². The van der Waals surface area contributed by atoms with Crippen molar-refractivity contribution in [3.63, 3.8) is 0 Å². The number of benzene rings is 1. The Kier molecular flexibility index (Phi) is 3.65. The van der Waals surface area contributed by atoms with Crippen LogP contribution < -0.4 is 0 Å². The number of hydrogen-bond donors (Lipinski definition) is 1. The smallest absolute Gasteiger partial charge is 0.322 e. The third-order valence-corrected chi connectivity index (χ3v) is 6.00. The van der Waals surface area contributed by atoms with Gasteiger partial charge in [0.15, 0.2) is 0 Å². The predicted octanol–water partition coefficient (Wildman–Crippen LogP) is 1.14. The van der Waals surface area contributed by atoms with E-state index in [1.807, 2.05) is 0 Å². The molecule has 0 radical (unpaired) electrons. The Morgan fingerprint density at radius 1 is 1.44 bits per heavy atom. The van der Waals surface area contributed by atoms with E-state index in [4.69, 9.17) is 5.11 Å². The van der Waals surface area contributed by atoms with Crippen LogP contribution in [0.2, 0.25) is 0 Å². The van der Waals surface area contributed by atoms with Gasteiger partial charge in [-0.3, -0.25) is 4.79 Å². The summed E-state index contributed by atoms with van der Waals surface area (Å²) >= 11 is 1.31. The maximum Gasteiger partial charge on any atom is 0.322 e. The summed E-state index contributed by atoms with van der Waals surface area (Å²) in [7, 11) is -3.73. The standard InChI is InChI=1S/C11H13NO4S2/c1-8-4-2-3-5-10(8)18(15,16)12-7-17-6-9(12)11(13)14/h2-5,9H,6-7H2,1H3,(H,13,14)/t9-/m0/s1. The maximum atomic E-state index is 12.4. The van der Waals surface area contributed by atoms with Gasteiger partial charge >= 0.3 is 5.97 Å². The summed E-state index contributed by atoms with van der Waals surface area (Å²) in [5.74, 6) is -0.620. The highest BCUT2D eigenvalue weighted by Crippen LogP contribution is 2.29. The number of nitrogens with zero attached hydrogens (tertiary/aromatic N) is 1. The zero-order valence-corrected chi connectivity index (χ0v) is 11.4. The molecule has 1 aromatic rings. The van der Waals surface area contributed by atoms with Gasteiger partial charge in [0.25, 0.3) is 0 Å². The molecule has 0 aliphatic carbocycles. The first-order valence-corrected chi connectivity index (χ1v) is 7.92. The normalized spacial score (nSPS) is 21.1. The van der Waals surface area contributed by atoms with Crippen LogP contribution in [0.15, 0.2) is 29.2 Å². The van der Waals surface area contributed by atoms with Crippen LogP contribution in [-0.2, 0) is 14.8 Å². The van der Waals surface area contributed by atoms with E-state index in [0.717, 1.165) is 4.31 Å². The Morgan fingerprint density at radius 3 is 2.72 bits per heavy atom. The number of rotatable bonds is 3. The van der Waals surface area contributed by atoms with E-state index in [2.05, 4.69) is 0 Å². The highest BCUT2D eigenvalue weighted by Gasteiger charge is 2.40.